The zero-order valence-electron chi connectivity index (χ0n) is 23.3. The van der Waals surface area contributed by atoms with Crippen LogP contribution in [-0.2, 0) is 11.2 Å². The number of urea groups is 1. The van der Waals surface area contributed by atoms with E-state index in [4.69, 9.17) is 9.84 Å². The predicted octanol–water partition coefficient (Wildman–Crippen LogP) is 7.47. The lowest BCUT2D eigenvalue weighted by molar-refractivity contribution is -0.114. The van der Waals surface area contributed by atoms with E-state index in [-0.39, 0.29) is 11.9 Å². The third-order valence-corrected chi connectivity index (χ3v) is 6.46. The summed E-state index contributed by atoms with van der Waals surface area (Å²) in [6.45, 7) is 5.60. The van der Waals surface area contributed by atoms with Gasteiger partial charge in [0.2, 0.25) is 5.91 Å². The summed E-state index contributed by atoms with van der Waals surface area (Å²) in [7, 11) is 0. The Morgan fingerprint density at radius 1 is 0.902 bits per heavy atom. The maximum Gasteiger partial charge on any atom is 0.324 e. The Hall–Kier alpha value is -5.18. The van der Waals surface area contributed by atoms with Gasteiger partial charge in [0.1, 0.15) is 23.1 Å². The van der Waals surface area contributed by atoms with Crippen LogP contribution in [0.25, 0.3) is 16.5 Å². The van der Waals surface area contributed by atoms with E-state index in [0.29, 0.717) is 28.8 Å². The number of hydrogen-bond acceptors (Lipinski definition) is 5. The van der Waals surface area contributed by atoms with Gasteiger partial charge in [-0.2, -0.15) is 5.10 Å². The second-order valence-corrected chi connectivity index (χ2v) is 9.77. The second kappa shape index (κ2) is 12.3. The molecule has 0 saturated carbocycles. The normalized spacial score (nSPS) is 10.8. The zero-order chi connectivity index (χ0) is 28.8. The highest BCUT2D eigenvalue weighted by molar-refractivity contribution is 6.07. The average Bonchev–Trinajstić information content (AvgIpc) is 3.35. The lowest BCUT2D eigenvalue weighted by atomic mass is 10.1. The predicted molar refractivity (Wildman–Crippen MR) is 162 cm³/mol. The number of aromatic nitrogens is 3. The molecule has 9 nitrogen and oxygen atoms in total. The molecule has 5 aromatic rings. The third kappa shape index (κ3) is 6.70. The standard InChI is InChI=1S/C32H32N6O3/c1-4-5-8-23-19-31(38(37-23)24-13-11-21(2)12-14-24)36-32(40)35-28-15-16-29(27-10-7-6-9-26(27)28)41-25-17-18-33-30(20-25)34-22(3)39/h6-7,9-20H,4-5,8H2,1-3H3,(H,33,34,39)(H2,35,36,40). The van der Waals surface area contributed by atoms with E-state index in [2.05, 4.69) is 27.9 Å². The van der Waals surface area contributed by atoms with Gasteiger partial charge in [-0.3, -0.25) is 10.1 Å². The molecular formula is C32H32N6O3. The molecular weight excluding hydrogens is 516 g/mol. The number of pyridine rings is 1. The van der Waals surface area contributed by atoms with E-state index < -0.39 is 0 Å². The quantitative estimate of drug-likeness (QED) is 0.177. The third-order valence-electron chi connectivity index (χ3n) is 6.46. The number of rotatable bonds is 9. The molecule has 0 bridgehead atoms. The molecule has 41 heavy (non-hydrogen) atoms. The molecule has 0 radical (unpaired) electrons. The number of hydrogen-bond donors (Lipinski definition) is 3. The summed E-state index contributed by atoms with van der Waals surface area (Å²) in [6, 6.07) is 24.2. The van der Waals surface area contributed by atoms with Crippen LogP contribution >= 0.6 is 0 Å². The van der Waals surface area contributed by atoms with E-state index in [0.717, 1.165) is 47.0 Å². The highest BCUT2D eigenvalue weighted by Crippen LogP contribution is 2.35. The first-order valence-electron chi connectivity index (χ1n) is 13.6. The number of amides is 3. The van der Waals surface area contributed by atoms with E-state index in [1.165, 1.54) is 6.92 Å². The maximum absolute atomic E-state index is 13.3. The van der Waals surface area contributed by atoms with E-state index in [1.807, 2.05) is 61.5 Å². The number of aryl methyl sites for hydroxylation is 2. The summed E-state index contributed by atoms with van der Waals surface area (Å²) in [5.74, 6) is 1.90. The summed E-state index contributed by atoms with van der Waals surface area (Å²) in [4.78, 5) is 28.8. The van der Waals surface area contributed by atoms with Gasteiger partial charge >= 0.3 is 6.03 Å². The molecule has 3 amide bonds. The minimum atomic E-state index is -0.381. The minimum absolute atomic E-state index is 0.215. The summed E-state index contributed by atoms with van der Waals surface area (Å²) in [5.41, 5.74) is 3.58. The highest BCUT2D eigenvalue weighted by atomic mass is 16.5. The molecule has 208 valence electrons. The number of nitrogens with one attached hydrogen (secondary N) is 3. The van der Waals surface area contributed by atoms with Crippen LogP contribution < -0.4 is 20.7 Å². The van der Waals surface area contributed by atoms with Crippen LogP contribution in [0.4, 0.5) is 22.1 Å². The fourth-order valence-corrected chi connectivity index (χ4v) is 4.47. The van der Waals surface area contributed by atoms with Crippen molar-refractivity contribution in [1.82, 2.24) is 14.8 Å². The molecule has 2 aromatic heterocycles. The van der Waals surface area contributed by atoms with Crippen molar-refractivity contribution in [2.75, 3.05) is 16.0 Å². The van der Waals surface area contributed by atoms with Crippen LogP contribution in [0, 0.1) is 6.92 Å². The molecule has 0 aliphatic carbocycles. The SMILES string of the molecule is CCCCc1cc(NC(=O)Nc2ccc(Oc3ccnc(NC(C)=O)c3)c3ccccc23)n(-c2ccc(C)cc2)n1. The smallest absolute Gasteiger partial charge is 0.324 e. The minimum Gasteiger partial charge on any atom is -0.457 e. The summed E-state index contributed by atoms with van der Waals surface area (Å²) >= 11 is 0. The van der Waals surface area contributed by atoms with Crippen molar-refractivity contribution in [3.63, 3.8) is 0 Å². The van der Waals surface area contributed by atoms with Crippen LogP contribution in [0.3, 0.4) is 0 Å². The van der Waals surface area contributed by atoms with Gasteiger partial charge in [0.25, 0.3) is 0 Å². The number of benzene rings is 3. The molecule has 0 fully saturated rings. The topological polar surface area (TPSA) is 110 Å². The van der Waals surface area contributed by atoms with Crippen LogP contribution in [0.5, 0.6) is 11.5 Å². The molecule has 2 heterocycles. The maximum atomic E-state index is 13.3. The Labute approximate surface area is 238 Å². The fourth-order valence-electron chi connectivity index (χ4n) is 4.47. The van der Waals surface area contributed by atoms with Crippen molar-refractivity contribution in [3.05, 3.63) is 96.3 Å². The van der Waals surface area contributed by atoms with Gasteiger partial charge in [-0.05, 0) is 50.1 Å². The number of carbonyl (C=O) groups is 2. The Morgan fingerprint density at radius 2 is 1.68 bits per heavy atom. The van der Waals surface area contributed by atoms with Crippen LogP contribution in [0.2, 0.25) is 0 Å². The fraction of sp³-hybridized carbons (Fsp3) is 0.188. The Balaban J connectivity index is 1.38. The monoisotopic (exact) mass is 548 g/mol. The molecule has 0 atom stereocenters. The first-order valence-corrected chi connectivity index (χ1v) is 13.6. The lowest BCUT2D eigenvalue weighted by Crippen LogP contribution is -2.21. The molecule has 9 heteroatoms. The zero-order valence-corrected chi connectivity index (χ0v) is 23.3. The second-order valence-electron chi connectivity index (χ2n) is 9.77. The van der Waals surface area contributed by atoms with Crippen molar-refractivity contribution in [3.8, 4) is 17.2 Å². The number of unbranched alkanes of at least 4 members (excludes halogenated alkanes) is 1. The average molecular weight is 549 g/mol. The molecule has 5 rings (SSSR count). The largest absolute Gasteiger partial charge is 0.457 e. The number of fused-ring (bicyclic) bond motifs is 1. The van der Waals surface area contributed by atoms with Crippen molar-refractivity contribution in [1.29, 1.82) is 0 Å². The van der Waals surface area contributed by atoms with Gasteiger partial charge < -0.3 is 15.4 Å². The summed E-state index contributed by atoms with van der Waals surface area (Å²) in [6.07, 6.45) is 4.48. The van der Waals surface area contributed by atoms with Gasteiger partial charge in [0.15, 0.2) is 0 Å². The van der Waals surface area contributed by atoms with Gasteiger partial charge in [-0.1, -0.05) is 55.3 Å². The molecule has 0 saturated heterocycles. The van der Waals surface area contributed by atoms with Crippen LogP contribution in [0.15, 0.2) is 85.1 Å². The molecule has 3 N–H and O–H groups in total. The number of anilines is 3. The lowest BCUT2D eigenvalue weighted by Gasteiger charge is -2.14. The van der Waals surface area contributed by atoms with Gasteiger partial charge in [0, 0.05) is 36.0 Å². The first-order chi connectivity index (χ1) is 19.9. The highest BCUT2D eigenvalue weighted by Gasteiger charge is 2.15. The Kier molecular flexibility index (Phi) is 8.24. The van der Waals surface area contributed by atoms with Crippen molar-refractivity contribution in [2.45, 2.75) is 40.0 Å². The van der Waals surface area contributed by atoms with E-state index in [9.17, 15) is 9.59 Å². The van der Waals surface area contributed by atoms with Crippen LogP contribution in [0.1, 0.15) is 37.9 Å². The first kappa shape index (κ1) is 27.4. The van der Waals surface area contributed by atoms with Crippen molar-refractivity contribution < 1.29 is 14.3 Å². The molecule has 3 aromatic carbocycles. The van der Waals surface area contributed by atoms with Gasteiger partial charge in [-0.15, -0.1) is 0 Å². The summed E-state index contributed by atoms with van der Waals surface area (Å²) < 4.78 is 7.91. The molecule has 0 spiro atoms. The Bertz CT molecular complexity index is 1690. The van der Waals surface area contributed by atoms with E-state index in [1.54, 1.807) is 35.1 Å². The van der Waals surface area contributed by atoms with Crippen molar-refractivity contribution in [2.24, 2.45) is 0 Å². The van der Waals surface area contributed by atoms with E-state index >= 15 is 0 Å². The number of ether oxygens (including phenoxy) is 1. The summed E-state index contributed by atoms with van der Waals surface area (Å²) in [5, 5.41) is 15.0. The number of carbonyl (C=O) groups excluding carboxylic acids is 2. The van der Waals surface area contributed by atoms with Gasteiger partial charge in [0.05, 0.1) is 17.1 Å². The molecule has 0 aliphatic rings. The molecule has 0 unspecified atom stereocenters. The van der Waals surface area contributed by atoms with Crippen molar-refractivity contribution >= 4 is 40.0 Å². The van der Waals surface area contributed by atoms with Crippen LogP contribution in [-0.4, -0.2) is 26.7 Å². The Morgan fingerprint density at radius 3 is 2.44 bits per heavy atom. The number of nitrogens with zero attached hydrogens (tertiary/aromatic N) is 3. The molecule has 0 aliphatic heterocycles. The van der Waals surface area contributed by atoms with Gasteiger partial charge in [-0.25, -0.2) is 14.5 Å².